The zero-order valence-electron chi connectivity index (χ0n) is 14.5. The van der Waals surface area contributed by atoms with Crippen LogP contribution in [0.25, 0.3) is 0 Å². The van der Waals surface area contributed by atoms with Crippen LogP contribution in [0.5, 0.6) is 0 Å². The Bertz CT molecular complexity index is 438. The van der Waals surface area contributed by atoms with Gasteiger partial charge in [0, 0.05) is 44.8 Å². The van der Waals surface area contributed by atoms with E-state index in [4.69, 9.17) is 10.2 Å². The van der Waals surface area contributed by atoms with E-state index < -0.39 is 48.4 Å². The Morgan fingerprint density at radius 1 is 0.556 bits per heavy atom. The molecule has 0 saturated heterocycles. The Morgan fingerprint density at radius 3 is 0.778 bits per heavy atom. The number of carboxylic acid groups (broad SMARTS) is 2. The molecule has 27 heavy (non-hydrogen) atoms. The topological polar surface area (TPSA) is 243 Å². The van der Waals surface area contributed by atoms with Gasteiger partial charge in [-0.05, 0) is 0 Å². The first-order valence-corrected chi connectivity index (χ1v) is 6.01. The summed E-state index contributed by atoms with van der Waals surface area (Å²) in [6, 6.07) is 0. The SMILES string of the molecule is CC(=O)OC(OC(C)=O)C(=O)O.CC(=O)OC(OC(C)=O)C(=O)O.O.O.[Mn]. The van der Waals surface area contributed by atoms with Gasteiger partial charge in [0.15, 0.2) is 0 Å². The molecule has 0 aliphatic heterocycles. The molecule has 0 aromatic rings. The summed E-state index contributed by atoms with van der Waals surface area (Å²) < 4.78 is 16.6. The average molecular weight is 443 g/mol. The van der Waals surface area contributed by atoms with Crippen LogP contribution in [0.2, 0.25) is 0 Å². The number of carbonyl (C=O) groups excluding carboxylic acids is 4. The molecule has 14 nitrogen and oxygen atoms in total. The fourth-order valence-corrected chi connectivity index (χ4v) is 0.853. The van der Waals surface area contributed by atoms with Gasteiger partial charge in [-0.25, -0.2) is 9.59 Å². The Morgan fingerprint density at radius 2 is 0.704 bits per heavy atom. The number of rotatable bonds is 6. The second kappa shape index (κ2) is 18.1. The molecule has 0 aromatic heterocycles. The standard InChI is InChI=1S/2C6H8O6.Mn.2H2O/c2*1-3(7)11-6(5(9)10)12-4(2)8;;;/h2*6H,1-2H3,(H,9,10);;2*1H2. The summed E-state index contributed by atoms with van der Waals surface area (Å²) in [5.41, 5.74) is 0. The van der Waals surface area contributed by atoms with Crippen molar-refractivity contribution in [3.8, 4) is 0 Å². The molecule has 0 fully saturated rings. The molecule has 0 amide bonds. The van der Waals surface area contributed by atoms with Gasteiger partial charge in [-0.3, -0.25) is 19.2 Å². The fraction of sp³-hybridized carbons (Fsp3) is 0.500. The van der Waals surface area contributed by atoms with Crippen LogP contribution in [0.1, 0.15) is 27.7 Å². The van der Waals surface area contributed by atoms with Crippen LogP contribution in [-0.4, -0.2) is 69.6 Å². The zero-order valence-corrected chi connectivity index (χ0v) is 15.7. The van der Waals surface area contributed by atoms with Gasteiger partial charge in [0.05, 0.1) is 0 Å². The normalized spacial score (nSPS) is 8.22. The van der Waals surface area contributed by atoms with Crippen LogP contribution in [-0.2, 0) is 64.8 Å². The van der Waals surface area contributed by atoms with Crippen LogP contribution in [0.15, 0.2) is 0 Å². The molecule has 0 unspecified atom stereocenters. The maximum atomic E-state index is 10.3. The van der Waals surface area contributed by atoms with E-state index in [9.17, 15) is 28.8 Å². The van der Waals surface area contributed by atoms with Crippen molar-refractivity contribution in [1.82, 2.24) is 0 Å². The van der Waals surface area contributed by atoms with Crippen molar-refractivity contribution in [3.05, 3.63) is 0 Å². The Balaban J connectivity index is -0.000000108. The van der Waals surface area contributed by atoms with Gasteiger partial charge in [-0.1, -0.05) is 0 Å². The van der Waals surface area contributed by atoms with E-state index in [2.05, 4.69) is 18.9 Å². The van der Waals surface area contributed by atoms with E-state index in [-0.39, 0.29) is 28.0 Å². The molecule has 6 N–H and O–H groups in total. The first kappa shape index (κ1) is 35.4. The van der Waals surface area contributed by atoms with Gasteiger partial charge in [-0.15, -0.1) is 0 Å². The average Bonchev–Trinajstić information content (AvgIpc) is 2.35. The van der Waals surface area contributed by atoms with E-state index in [0.29, 0.717) is 0 Å². The monoisotopic (exact) mass is 443 g/mol. The molecule has 159 valence electrons. The zero-order chi connectivity index (χ0) is 19.4. The van der Waals surface area contributed by atoms with E-state index in [1.165, 1.54) is 0 Å². The molecule has 0 aliphatic carbocycles. The summed E-state index contributed by atoms with van der Waals surface area (Å²) >= 11 is 0. The van der Waals surface area contributed by atoms with E-state index in [1.807, 2.05) is 0 Å². The first-order valence-electron chi connectivity index (χ1n) is 6.01. The van der Waals surface area contributed by atoms with Gasteiger partial charge < -0.3 is 40.1 Å². The Labute approximate surface area is 162 Å². The number of hydrogen-bond acceptors (Lipinski definition) is 10. The van der Waals surface area contributed by atoms with Gasteiger partial charge in [-0.2, -0.15) is 0 Å². The third kappa shape index (κ3) is 23.3. The number of carboxylic acids is 2. The smallest absolute Gasteiger partial charge is 0.387 e. The van der Waals surface area contributed by atoms with Crippen molar-refractivity contribution in [1.29, 1.82) is 0 Å². The van der Waals surface area contributed by atoms with Crippen molar-refractivity contribution < 1.29 is 85.9 Å². The summed E-state index contributed by atoms with van der Waals surface area (Å²) in [5.74, 6) is -6.37. The maximum Gasteiger partial charge on any atom is 0.387 e. The minimum atomic E-state index is -1.85. The Kier molecular flexibility index (Phi) is 23.7. The second-order valence-corrected chi connectivity index (χ2v) is 3.78. The summed E-state index contributed by atoms with van der Waals surface area (Å²) in [7, 11) is 0. The molecular weight excluding hydrogens is 423 g/mol. The van der Waals surface area contributed by atoms with Crippen LogP contribution >= 0.6 is 0 Å². The maximum absolute atomic E-state index is 10.3. The summed E-state index contributed by atoms with van der Waals surface area (Å²) in [6.07, 6.45) is -3.69. The molecule has 0 rings (SSSR count). The van der Waals surface area contributed by atoms with E-state index >= 15 is 0 Å². The second-order valence-electron chi connectivity index (χ2n) is 3.78. The number of esters is 4. The summed E-state index contributed by atoms with van der Waals surface area (Å²) in [5, 5.41) is 16.6. The van der Waals surface area contributed by atoms with Crippen molar-refractivity contribution in [2.75, 3.05) is 0 Å². The van der Waals surface area contributed by atoms with Crippen LogP contribution in [0, 0.1) is 0 Å². The molecule has 15 heteroatoms. The molecule has 0 aromatic carbocycles. The van der Waals surface area contributed by atoms with E-state index in [0.717, 1.165) is 27.7 Å². The molecule has 0 aliphatic rings. The van der Waals surface area contributed by atoms with Gasteiger partial charge >= 0.3 is 48.4 Å². The number of aliphatic carboxylic acids is 2. The summed E-state index contributed by atoms with van der Waals surface area (Å²) in [6.45, 7) is 4.05. The van der Waals surface area contributed by atoms with Gasteiger partial charge in [0.2, 0.25) is 0 Å². The van der Waals surface area contributed by atoms with Crippen molar-refractivity contribution in [3.63, 3.8) is 0 Å². The van der Waals surface area contributed by atoms with Crippen LogP contribution in [0.4, 0.5) is 0 Å². The molecular formula is C12H20MnO14. The van der Waals surface area contributed by atoms with Crippen LogP contribution < -0.4 is 0 Å². The third-order valence-corrected chi connectivity index (χ3v) is 1.50. The van der Waals surface area contributed by atoms with Crippen molar-refractivity contribution >= 4 is 35.8 Å². The molecule has 0 saturated carbocycles. The minimum absolute atomic E-state index is 0. The first-order chi connectivity index (χ1) is 10.9. The number of carbonyl (C=O) groups is 6. The van der Waals surface area contributed by atoms with E-state index in [1.54, 1.807) is 0 Å². The summed E-state index contributed by atoms with van der Waals surface area (Å²) in [4.78, 5) is 61.5. The van der Waals surface area contributed by atoms with Gasteiger partial charge in [0.1, 0.15) is 0 Å². The predicted octanol–water partition coefficient (Wildman–Crippen LogP) is -2.61. The van der Waals surface area contributed by atoms with Gasteiger partial charge in [0.25, 0.3) is 0 Å². The number of ether oxygens (including phenoxy) is 4. The Hall–Kier alpha value is -2.74. The quantitative estimate of drug-likeness (QED) is 0.244. The third-order valence-electron chi connectivity index (χ3n) is 1.50. The largest absolute Gasteiger partial charge is 0.476 e. The molecule has 0 bridgehead atoms. The van der Waals surface area contributed by atoms with Crippen LogP contribution in [0.3, 0.4) is 0 Å². The molecule has 0 atom stereocenters. The molecule has 0 heterocycles. The fourth-order valence-electron chi connectivity index (χ4n) is 0.853. The minimum Gasteiger partial charge on any atom is -0.476 e. The molecule has 0 spiro atoms. The van der Waals surface area contributed by atoms with Crippen molar-refractivity contribution in [2.45, 2.75) is 40.3 Å². The van der Waals surface area contributed by atoms with Crippen molar-refractivity contribution in [2.24, 2.45) is 0 Å². The molecule has 1 radical (unpaired) electrons. The predicted molar refractivity (Wildman–Crippen MR) is 77.1 cm³/mol. The number of hydrogen-bond donors (Lipinski definition) is 2.